The average Bonchev–Trinajstić information content (AvgIpc) is 2.53. The van der Waals surface area contributed by atoms with Crippen LogP contribution in [0.25, 0.3) is 11.1 Å². The van der Waals surface area contributed by atoms with Crippen molar-refractivity contribution in [3.05, 3.63) is 53.9 Å². The van der Waals surface area contributed by atoms with E-state index < -0.39 is 60.0 Å². The third-order valence-corrected chi connectivity index (χ3v) is 5.11. The third kappa shape index (κ3) is 2.73. The highest BCUT2D eigenvalue weighted by atomic mass is 35.5. The van der Waals surface area contributed by atoms with Crippen molar-refractivity contribution in [2.75, 3.05) is 0 Å². The van der Waals surface area contributed by atoms with E-state index in [1.807, 2.05) is 0 Å². The molecule has 120 valence electrons. The fourth-order valence-corrected chi connectivity index (χ4v) is 3.10. The van der Waals surface area contributed by atoms with Crippen LogP contribution in [0.2, 0.25) is 25.1 Å². The van der Waals surface area contributed by atoms with Crippen LogP contribution in [0, 0.1) is 34.6 Å². The Bertz CT molecular complexity index is 833. The van der Waals surface area contributed by atoms with Gasteiger partial charge in [0.2, 0.25) is 0 Å². The Morgan fingerprint density at radius 3 is 1.26 bits per heavy atom. The predicted molar refractivity (Wildman–Crippen MR) is 81.5 cm³/mol. The van der Waals surface area contributed by atoms with Gasteiger partial charge in [-0.3, -0.25) is 0 Å². The minimum atomic E-state index is -1.91. The molecule has 0 atom stereocenters. The summed E-state index contributed by atoms with van der Waals surface area (Å²) in [6.07, 6.45) is 0. The molecule has 0 aliphatic carbocycles. The first-order chi connectivity index (χ1) is 10.6. The quantitative estimate of drug-likeness (QED) is 0.274. The number of halogens is 9. The highest BCUT2D eigenvalue weighted by Crippen LogP contribution is 2.49. The molecule has 0 unspecified atom stereocenters. The predicted octanol–water partition coefficient (Wildman–Crippen LogP) is 7.05. The Balaban J connectivity index is 3.05. The summed E-state index contributed by atoms with van der Waals surface area (Å²) in [6, 6.07) is 1.02. The van der Waals surface area contributed by atoms with Gasteiger partial charge in [0.25, 0.3) is 0 Å². The zero-order valence-electron chi connectivity index (χ0n) is 10.3. The summed E-state index contributed by atoms with van der Waals surface area (Å²) in [5.41, 5.74) is -3.37. The van der Waals surface area contributed by atoms with Crippen LogP contribution in [0.4, 0.5) is 17.6 Å². The minimum absolute atomic E-state index is 0.303. The zero-order chi connectivity index (χ0) is 17.6. The maximum Gasteiger partial charge on any atom is 0.180 e. The Labute approximate surface area is 151 Å². The molecule has 0 aromatic heterocycles. The van der Waals surface area contributed by atoms with Crippen LogP contribution in [0.5, 0.6) is 0 Å². The highest BCUT2D eigenvalue weighted by molar-refractivity contribution is 6.56. The molecule has 23 heavy (non-hydrogen) atoms. The van der Waals surface area contributed by atoms with Crippen LogP contribution < -0.4 is 0 Å². The van der Waals surface area contributed by atoms with Crippen LogP contribution in [-0.4, -0.2) is 0 Å². The summed E-state index contributed by atoms with van der Waals surface area (Å²) in [5.74, 6) is -7.57. The summed E-state index contributed by atoms with van der Waals surface area (Å²) < 4.78 is 55.8. The van der Waals surface area contributed by atoms with Crippen molar-refractivity contribution in [1.29, 1.82) is 5.26 Å². The molecule has 10 heteroatoms. The number of hydrogen-bond acceptors (Lipinski definition) is 1. The molecule has 0 radical (unpaired) electrons. The molecule has 0 saturated heterocycles. The lowest BCUT2D eigenvalue weighted by Crippen LogP contribution is -2.05. The van der Waals surface area contributed by atoms with Crippen LogP contribution in [0.15, 0.2) is 0 Å². The van der Waals surface area contributed by atoms with Crippen molar-refractivity contribution < 1.29 is 17.6 Å². The summed E-state index contributed by atoms with van der Waals surface area (Å²) >= 11 is 28.9. The molecule has 0 N–H and O–H groups in total. The van der Waals surface area contributed by atoms with E-state index in [1.54, 1.807) is 0 Å². The van der Waals surface area contributed by atoms with Crippen molar-refractivity contribution in [2.24, 2.45) is 0 Å². The Morgan fingerprint density at radius 1 is 0.565 bits per heavy atom. The second kappa shape index (κ2) is 6.54. The van der Waals surface area contributed by atoms with Crippen molar-refractivity contribution in [3.63, 3.8) is 0 Å². The van der Waals surface area contributed by atoms with E-state index >= 15 is 0 Å². The zero-order valence-corrected chi connectivity index (χ0v) is 14.1. The van der Waals surface area contributed by atoms with Crippen LogP contribution in [0.3, 0.4) is 0 Å². The van der Waals surface area contributed by atoms with E-state index in [2.05, 4.69) is 0 Å². The number of hydrogen-bond donors (Lipinski definition) is 0. The number of rotatable bonds is 1. The number of benzene rings is 2. The normalized spacial score (nSPS) is 10.8. The van der Waals surface area contributed by atoms with E-state index in [4.69, 9.17) is 63.3 Å². The second-order valence-corrected chi connectivity index (χ2v) is 5.95. The Kier molecular flexibility index (Phi) is 5.24. The van der Waals surface area contributed by atoms with Crippen LogP contribution in [-0.2, 0) is 0 Å². The molecule has 0 amide bonds. The molecular weight excluding hydrogens is 423 g/mol. The number of nitriles is 1. The molecular formula is C13Cl5F4N. The molecule has 0 spiro atoms. The largest absolute Gasteiger partial charge is 0.203 e. The van der Waals surface area contributed by atoms with Gasteiger partial charge < -0.3 is 0 Å². The van der Waals surface area contributed by atoms with Gasteiger partial charge in [-0.1, -0.05) is 58.0 Å². The summed E-state index contributed by atoms with van der Waals surface area (Å²) in [7, 11) is 0. The molecule has 0 bridgehead atoms. The van der Waals surface area contributed by atoms with Gasteiger partial charge in [0, 0.05) is 5.56 Å². The van der Waals surface area contributed by atoms with Crippen LogP contribution >= 0.6 is 58.0 Å². The lowest BCUT2D eigenvalue weighted by Gasteiger charge is -2.15. The SMILES string of the molecule is N#Cc1c(F)c(F)c(-c2c(Cl)c(Cl)c(Cl)c(Cl)c2Cl)c(F)c1F. The fourth-order valence-electron chi connectivity index (χ4n) is 1.77. The lowest BCUT2D eigenvalue weighted by atomic mass is 10.0. The summed E-state index contributed by atoms with van der Waals surface area (Å²) in [4.78, 5) is 0. The van der Waals surface area contributed by atoms with Crippen LogP contribution in [0.1, 0.15) is 5.56 Å². The maximum absolute atomic E-state index is 14.1. The first-order valence-electron chi connectivity index (χ1n) is 5.42. The van der Waals surface area contributed by atoms with Gasteiger partial charge in [0.05, 0.1) is 30.7 Å². The summed E-state index contributed by atoms with van der Waals surface area (Å²) in [5, 5.41) is 6.31. The monoisotopic (exact) mass is 421 g/mol. The first-order valence-corrected chi connectivity index (χ1v) is 7.31. The van der Waals surface area contributed by atoms with Crippen molar-refractivity contribution in [1.82, 2.24) is 0 Å². The summed E-state index contributed by atoms with van der Waals surface area (Å²) in [6.45, 7) is 0. The van der Waals surface area contributed by atoms with Crippen molar-refractivity contribution >= 4 is 58.0 Å². The van der Waals surface area contributed by atoms with Gasteiger partial charge >= 0.3 is 0 Å². The van der Waals surface area contributed by atoms with E-state index in [9.17, 15) is 17.6 Å². The minimum Gasteiger partial charge on any atom is -0.203 e. The van der Waals surface area contributed by atoms with E-state index in [-0.39, 0.29) is 5.02 Å². The van der Waals surface area contributed by atoms with E-state index in [1.165, 1.54) is 0 Å². The second-order valence-electron chi connectivity index (χ2n) is 4.06. The molecule has 2 aromatic carbocycles. The molecule has 0 saturated carbocycles. The van der Waals surface area contributed by atoms with Gasteiger partial charge in [0.1, 0.15) is 11.6 Å². The molecule has 0 heterocycles. The Morgan fingerprint density at radius 2 is 0.913 bits per heavy atom. The average molecular weight is 423 g/mol. The first kappa shape index (κ1) is 18.4. The lowest BCUT2D eigenvalue weighted by molar-refractivity contribution is 0.454. The van der Waals surface area contributed by atoms with Gasteiger partial charge in [-0.15, -0.1) is 0 Å². The molecule has 0 fully saturated rings. The molecule has 0 aliphatic rings. The van der Waals surface area contributed by atoms with Gasteiger partial charge in [0.15, 0.2) is 23.3 Å². The third-order valence-electron chi connectivity index (χ3n) is 2.83. The molecule has 2 rings (SSSR count). The molecule has 0 aliphatic heterocycles. The van der Waals surface area contributed by atoms with Gasteiger partial charge in [-0.2, -0.15) is 5.26 Å². The molecule has 2 aromatic rings. The smallest absolute Gasteiger partial charge is 0.180 e. The van der Waals surface area contributed by atoms with E-state index in [0.717, 1.165) is 6.07 Å². The maximum atomic E-state index is 14.1. The van der Waals surface area contributed by atoms with Crippen molar-refractivity contribution in [3.8, 4) is 17.2 Å². The van der Waals surface area contributed by atoms with Gasteiger partial charge in [-0.05, 0) is 0 Å². The topological polar surface area (TPSA) is 23.8 Å². The highest BCUT2D eigenvalue weighted by Gasteiger charge is 2.31. The number of nitrogens with zero attached hydrogens (tertiary/aromatic N) is 1. The van der Waals surface area contributed by atoms with Gasteiger partial charge in [-0.25, -0.2) is 17.6 Å². The molecule has 1 nitrogen and oxygen atoms in total. The standard InChI is InChI=1S/C13Cl5F4N/c14-5-3(6(15)8(17)9(18)7(5)16)4-12(21)10(19)2(1-23)11(20)13(4)22. The van der Waals surface area contributed by atoms with E-state index in [0.29, 0.717) is 0 Å². The van der Waals surface area contributed by atoms with Crippen molar-refractivity contribution in [2.45, 2.75) is 0 Å². The Hall–Kier alpha value is -0.900. The fraction of sp³-hybridized carbons (Fsp3) is 0.